The lowest BCUT2D eigenvalue weighted by molar-refractivity contribution is 0.273. The zero-order valence-corrected chi connectivity index (χ0v) is 14.0. The predicted molar refractivity (Wildman–Crippen MR) is 94.2 cm³/mol. The monoisotopic (exact) mass is 341 g/mol. The van der Waals surface area contributed by atoms with Gasteiger partial charge in [-0.15, -0.1) is 0 Å². The molecule has 1 unspecified atom stereocenters. The predicted octanol–water partition coefficient (Wildman–Crippen LogP) is 2.50. The van der Waals surface area contributed by atoms with E-state index in [-0.39, 0.29) is 6.04 Å². The molecule has 1 aliphatic heterocycles. The van der Waals surface area contributed by atoms with Crippen LogP contribution < -0.4 is 5.32 Å². The van der Waals surface area contributed by atoms with Gasteiger partial charge in [-0.3, -0.25) is 0 Å². The van der Waals surface area contributed by atoms with E-state index in [2.05, 4.69) is 10.3 Å². The van der Waals surface area contributed by atoms with Gasteiger partial charge in [0.1, 0.15) is 0 Å². The van der Waals surface area contributed by atoms with Gasteiger partial charge in [-0.1, -0.05) is 30.3 Å². The molecule has 4 rings (SSSR count). The number of rotatable bonds is 3. The highest BCUT2D eigenvalue weighted by molar-refractivity contribution is 7.89. The van der Waals surface area contributed by atoms with Crippen LogP contribution in [0, 0.1) is 0 Å². The second-order valence-corrected chi connectivity index (χ2v) is 7.83. The Morgan fingerprint density at radius 3 is 2.67 bits per heavy atom. The quantitative estimate of drug-likeness (QED) is 0.769. The first kappa shape index (κ1) is 15.4. The number of aromatic amines is 1. The molecule has 1 aromatic heterocycles. The molecule has 6 heteroatoms. The summed E-state index contributed by atoms with van der Waals surface area (Å²) in [6.45, 7) is 1.73. The molecule has 1 aliphatic rings. The van der Waals surface area contributed by atoms with Gasteiger partial charge < -0.3 is 10.3 Å². The van der Waals surface area contributed by atoms with E-state index < -0.39 is 10.0 Å². The van der Waals surface area contributed by atoms with Crippen LogP contribution in [-0.2, 0) is 10.0 Å². The Morgan fingerprint density at radius 1 is 1.00 bits per heavy atom. The van der Waals surface area contributed by atoms with Gasteiger partial charge in [0.15, 0.2) is 0 Å². The molecule has 0 spiro atoms. The maximum atomic E-state index is 13.1. The van der Waals surface area contributed by atoms with E-state index in [0.717, 1.165) is 16.5 Å². The lowest BCUT2D eigenvalue weighted by Crippen LogP contribution is -2.48. The standard InChI is InChI=1S/C18H19N3O2S/c22-24(23,14-5-2-1-3-6-14)21-12-11-19-13-18(21)16-7-4-8-17-15(16)9-10-20-17/h1-10,18-20H,11-13H2. The average Bonchev–Trinajstić information content (AvgIpc) is 3.11. The third-order valence-electron chi connectivity index (χ3n) is 4.53. The first-order chi connectivity index (χ1) is 11.7. The number of nitrogens with one attached hydrogen (secondary N) is 2. The molecule has 3 aromatic rings. The summed E-state index contributed by atoms with van der Waals surface area (Å²) in [5, 5.41) is 4.40. The second-order valence-electron chi connectivity index (χ2n) is 5.93. The van der Waals surface area contributed by atoms with Gasteiger partial charge in [0.25, 0.3) is 0 Å². The van der Waals surface area contributed by atoms with Crippen LogP contribution in [0.3, 0.4) is 0 Å². The highest BCUT2D eigenvalue weighted by atomic mass is 32.2. The molecule has 1 fully saturated rings. The van der Waals surface area contributed by atoms with Crippen molar-refractivity contribution in [2.75, 3.05) is 19.6 Å². The average molecular weight is 341 g/mol. The minimum absolute atomic E-state index is 0.219. The lowest BCUT2D eigenvalue weighted by Gasteiger charge is -2.35. The number of nitrogens with zero attached hydrogens (tertiary/aromatic N) is 1. The SMILES string of the molecule is O=S(=O)(c1ccccc1)N1CCNCC1c1cccc2[nH]ccc12. The Labute approximate surface area is 141 Å². The molecule has 2 N–H and O–H groups in total. The summed E-state index contributed by atoms with van der Waals surface area (Å²) in [4.78, 5) is 3.54. The van der Waals surface area contributed by atoms with Crippen LogP contribution in [0.2, 0.25) is 0 Å². The smallest absolute Gasteiger partial charge is 0.243 e. The maximum absolute atomic E-state index is 13.1. The summed E-state index contributed by atoms with van der Waals surface area (Å²) in [6.07, 6.45) is 1.89. The van der Waals surface area contributed by atoms with Crippen molar-refractivity contribution in [2.24, 2.45) is 0 Å². The first-order valence-electron chi connectivity index (χ1n) is 8.01. The molecule has 0 saturated carbocycles. The van der Waals surface area contributed by atoms with E-state index >= 15 is 0 Å². The molecule has 1 saturated heterocycles. The molecule has 2 heterocycles. The Bertz CT molecular complexity index is 951. The number of fused-ring (bicyclic) bond motifs is 1. The first-order valence-corrected chi connectivity index (χ1v) is 9.45. The van der Waals surface area contributed by atoms with Gasteiger partial charge in [-0.25, -0.2) is 8.42 Å². The van der Waals surface area contributed by atoms with Crippen molar-refractivity contribution in [1.82, 2.24) is 14.6 Å². The Morgan fingerprint density at radius 2 is 1.83 bits per heavy atom. The molecule has 5 nitrogen and oxygen atoms in total. The minimum Gasteiger partial charge on any atom is -0.361 e. The normalized spacial score (nSPS) is 19.6. The van der Waals surface area contributed by atoms with Crippen molar-refractivity contribution in [3.8, 4) is 0 Å². The molecule has 2 aromatic carbocycles. The van der Waals surface area contributed by atoms with Crippen molar-refractivity contribution in [3.05, 3.63) is 66.4 Å². The number of aromatic nitrogens is 1. The number of benzene rings is 2. The Hall–Kier alpha value is -2.15. The number of H-pyrrole nitrogens is 1. The summed E-state index contributed by atoms with van der Waals surface area (Å²) < 4.78 is 27.9. The molecule has 24 heavy (non-hydrogen) atoms. The van der Waals surface area contributed by atoms with Crippen LogP contribution in [0.1, 0.15) is 11.6 Å². The number of piperazine rings is 1. The van der Waals surface area contributed by atoms with Gasteiger partial charge in [0.2, 0.25) is 10.0 Å². The van der Waals surface area contributed by atoms with E-state index in [9.17, 15) is 8.42 Å². The number of sulfonamides is 1. The molecule has 124 valence electrons. The summed E-state index contributed by atoms with van der Waals surface area (Å²) >= 11 is 0. The van der Waals surface area contributed by atoms with E-state index in [0.29, 0.717) is 24.5 Å². The van der Waals surface area contributed by atoms with Crippen LogP contribution >= 0.6 is 0 Å². The van der Waals surface area contributed by atoms with Gasteiger partial charge in [0, 0.05) is 36.7 Å². The van der Waals surface area contributed by atoms with E-state index in [1.807, 2.05) is 36.5 Å². The minimum atomic E-state index is -3.53. The Kier molecular flexibility index (Phi) is 3.88. The number of hydrogen-bond acceptors (Lipinski definition) is 3. The Balaban J connectivity index is 1.81. The third-order valence-corrected chi connectivity index (χ3v) is 6.45. The summed E-state index contributed by atoms with van der Waals surface area (Å²) in [5.41, 5.74) is 2.05. The van der Waals surface area contributed by atoms with E-state index in [1.54, 1.807) is 28.6 Å². The van der Waals surface area contributed by atoms with Crippen LogP contribution in [-0.4, -0.2) is 37.3 Å². The van der Waals surface area contributed by atoms with Crippen molar-refractivity contribution in [1.29, 1.82) is 0 Å². The maximum Gasteiger partial charge on any atom is 0.243 e. The van der Waals surface area contributed by atoms with Crippen molar-refractivity contribution < 1.29 is 8.42 Å². The van der Waals surface area contributed by atoms with Crippen molar-refractivity contribution in [2.45, 2.75) is 10.9 Å². The largest absolute Gasteiger partial charge is 0.361 e. The van der Waals surface area contributed by atoms with Crippen LogP contribution in [0.25, 0.3) is 10.9 Å². The lowest BCUT2D eigenvalue weighted by atomic mass is 10.0. The van der Waals surface area contributed by atoms with Crippen molar-refractivity contribution >= 4 is 20.9 Å². The fraction of sp³-hybridized carbons (Fsp3) is 0.222. The van der Waals surface area contributed by atoms with Gasteiger partial charge in [-0.05, 0) is 29.8 Å². The number of hydrogen-bond donors (Lipinski definition) is 2. The van der Waals surface area contributed by atoms with Crippen molar-refractivity contribution in [3.63, 3.8) is 0 Å². The van der Waals surface area contributed by atoms with E-state index in [4.69, 9.17) is 0 Å². The fourth-order valence-electron chi connectivity index (χ4n) is 3.37. The third kappa shape index (κ3) is 2.53. The fourth-order valence-corrected chi connectivity index (χ4v) is 4.99. The van der Waals surface area contributed by atoms with Crippen LogP contribution in [0.5, 0.6) is 0 Å². The zero-order valence-electron chi connectivity index (χ0n) is 13.1. The van der Waals surface area contributed by atoms with Gasteiger partial charge in [-0.2, -0.15) is 4.31 Å². The summed E-state index contributed by atoms with van der Waals surface area (Å²) in [5.74, 6) is 0. The second kappa shape index (κ2) is 6.05. The molecular weight excluding hydrogens is 322 g/mol. The highest BCUT2D eigenvalue weighted by Gasteiger charge is 2.35. The molecular formula is C18H19N3O2S. The highest BCUT2D eigenvalue weighted by Crippen LogP contribution is 2.32. The molecule has 0 radical (unpaired) electrons. The molecule has 0 aliphatic carbocycles. The summed E-state index contributed by atoms with van der Waals surface area (Å²) in [7, 11) is -3.53. The molecule has 0 amide bonds. The summed E-state index contributed by atoms with van der Waals surface area (Å²) in [6, 6.07) is 16.4. The molecule has 1 atom stereocenters. The van der Waals surface area contributed by atoms with Crippen LogP contribution in [0.4, 0.5) is 0 Å². The topological polar surface area (TPSA) is 65.2 Å². The molecule has 0 bridgehead atoms. The van der Waals surface area contributed by atoms with Gasteiger partial charge in [0.05, 0.1) is 10.9 Å². The van der Waals surface area contributed by atoms with Crippen LogP contribution in [0.15, 0.2) is 65.7 Å². The van der Waals surface area contributed by atoms with E-state index in [1.165, 1.54) is 0 Å². The van der Waals surface area contributed by atoms with Gasteiger partial charge >= 0.3 is 0 Å². The zero-order chi connectivity index (χ0) is 16.6.